The maximum absolute atomic E-state index is 13.2. The molecule has 7 nitrogen and oxygen atoms in total. The molecule has 4 rings (SSSR count). The minimum absolute atomic E-state index is 0.0715. The van der Waals surface area contributed by atoms with E-state index < -0.39 is 11.8 Å². The molecule has 3 aromatic rings. The molecule has 0 aliphatic heterocycles. The molecule has 0 radical (unpaired) electrons. The predicted molar refractivity (Wildman–Crippen MR) is 125 cm³/mol. The molecule has 1 aliphatic carbocycles. The van der Waals surface area contributed by atoms with E-state index in [-0.39, 0.29) is 23.9 Å². The van der Waals surface area contributed by atoms with E-state index in [0.29, 0.717) is 23.7 Å². The molecule has 1 aliphatic rings. The van der Waals surface area contributed by atoms with Gasteiger partial charge in [-0.2, -0.15) is 5.10 Å². The summed E-state index contributed by atoms with van der Waals surface area (Å²) in [6, 6.07) is 9.07. The van der Waals surface area contributed by atoms with Gasteiger partial charge in [-0.1, -0.05) is 17.7 Å². The highest BCUT2D eigenvalue weighted by Crippen LogP contribution is 2.37. The van der Waals surface area contributed by atoms with Gasteiger partial charge in [0.2, 0.25) is 0 Å². The molecule has 33 heavy (non-hydrogen) atoms. The number of rotatable bonds is 6. The molecule has 1 fully saturated rings. The molecule has 1 aromatic carbocycles. The fourth-order valence-electron chi connectivity index (χ4n) is 4.50. The summed E-state index contributed by atoms with van der Waals surface area (Å²) >= 11 is 5.98. The van der Waals surface area contributed by atoms with Crippen LogP contribution >= 0.6 is 11.6 Å². The lowest BCUT2D eigenvalue weighted by Gasteiger charge is -2.17. The van der Waals surface area contributed by atoms with Crippen LogP contribution in [0.5, 0.6) is 0 Å². The summed E-state index contributed by atoms with van der Waals surface area (Å²) in [5.74, 6) is -1.61. The maximum atomic E-state index is 13.2. The number of hydrogen-bond donors (Lipinski definition) is 1. The third kappa shape index (κ3) is 4.73. The van der Waals surface area contributed by atoms with Crippen LogP contribution in [0.3, 0.4) is 0 Å². The average Bonchev–Trinajstić information content (AvgIpc) is 3.31. The topological polar surface area (TPSA) is 94.0 Å². The van der Waals surface area contributed by atoms with Crippen molar-refractivity contribution in [3.05, 3.63) is 75.8 Å². The van der Waals surface area contributed by atoms with E-state index in [4.69, 9.17) is 11.6 Å². The second-order valence-electron chi connectivity index (χ2n) is 8.51. The number of amides is 1. The van der Waals surface area contributed by atoms with Gasteiger partial charge in [0.05, 0.1) is 16.9 Å². The van der Waals surface area contributed by atoms with Gasteiger partial charge in [0.1, 0.15) is 17.4 Å². The molecule has 2 atom stereocenters. The fraction of sp³-hybridized carbons (Fsp3) is 0.320. The highest BCUT2D eigenvalue weighted by atomic mass is 35.5. The van der Waals surface area contributed by atoms with Crippen LogP contribution in [-0.2, 0) is 9.59 Å². The van der Waals surface area contributed by atoms with Crippen LogP contribution in [0.1, 0.15) is 51.6 Å². The second-order valence-corrected chi connectivity index (χ2v) is 8.94. The lowest BCUT2D eigenvalue weighted by molar-refractivity contribution is -0.124. The van der Waals surface area contributed by atoms with Crippen LogP contribution in [-0.4, -0.2) is 38.8 Å². The standard InChI is InChI=1S/C25H25ClN4O3/c1-14-9-19(30-13-18(26)12-28-30)10-15(2)22(14)23-21(31)11-17(24(23)32)7-8-27-25(33)20-6-4-5-16(3)29-20/h4-6,9-10,12-13,17,23H,7-8,11H2,1-3H3,(H,27,33). The lowest BCUT2D eigenvalue weighted by atomic mass is 9.87. The average molecular weight is 465 g/mol. The minimum atomic E-state index is -0.764. The number of halogens is 1. The Morgan fingerprint density at radius 2 is 1.91 bits per heavy atom. The number of pyridine rings is 1. The first-order chi connectivity index (χ1) is 15.7. The molecule has 2 aromatic heterocycles. The monoisotopic (exact) mass is 464 g/mol. The Morgan fingerprint density at radius 3 is 2.55 bits per heavy atom. The normalized spacial score (nSPS) is 18.1. The van der Waals surface area contributed by atoms with E-state index in [1.807, 2.05) is 39.0 Å². The van der Waals surface area contributed by atoms with E-state index >= 15 is 0 Å². The van der Waals surface area contributed by atoms with Crippen molar-refractivity contribution < 1.29 is 14.4 Å². The Morgan fingerprint density at radius 1 is 1.18 bits per heavy atom. The molecule has 1 N–H and O–H groups in total. The first kappa shape index (κ1) is 22.9. The zero-order valence-corrected chi connectivity index (χ0v) is 19.5. The van der Waals surface area contributed by atoms with Crippen molar-refractivity contribution in [2.24, 2.45) is 5.92 Å². The molecule has 1 amide bonds. The van der Waals surface area contributed by atoms with Crippen LogP contribution in [0.4, 0.5) is 0 Å². The smallest absolute Gasteiger partial charge is 0.269 e. The summed E-state index contributed by atoms with van der Waals surface area (Å²) < 4.78 is 1.67. The Balaban J connectivity index is 1.45. The van der Waals surface area contributed by atoms with Crippen molar-refractivity contribution >= 4 is 29.1 Å². The number of nitrogens with zero attached hydrogens (tertiary/aromatic N) is 3. The number of benzene rings is 1. The quantitative estimate of drug-likeness (QED) is 0.558. The molecule has 2 heterocycles. The van der Waals surface area contributed by atoms with Gasteiger partial charge in [-0.25, -0.2) is 9.67 Å². The van der Waals surface area contributed by atoms with Crippen LogP contribution in [0.15, 0.2) is 42.7 Å². The minimum Gasteiger partial charge on any atom is -0.351 e. The fourth-order valence-corrected chi connectivity index (χ4v) is 4.64. The van der Waals surface area contributed by atoms with Crippen molar-refractivity contribution in [3.63, 3.8) is 0 Å². The Kier molecular flexibility index (Phi) is 6.42. The molecule has 170 valence electrons. The highest BCUT2D eigenvalue weighted by molar-refractivity contribution is 6.30. The van der Waals surface area contributed by atoms with Crippen LogP contribution in [0.25, 0.3) is 5.69 Å². The van der Waals surface area contributed by atoms with Gasteiger partial charge in [-0.3, -0.25) is 14.4 Å². The van der Waals surface area contributed by atoms with Gasteiger partial charge in [-0.05, 0) is 68.1 Å². The van der Waals surface area contributed by atoms with Crippen molar-refractivity contribution in [2.45, 2.75) is 39.5 Å². The molecule has 2 unspecified atom stereocenters. The largest absolute Gasteiger partial charge is 0.351 e. The van der Waals surface area contributed by atoms with E-state index in [9.17, 15) is 14.4 Å². The molecular weight excluding hydrogens is 440 g/mol. The van der Waals surface area contributed by atoms with Gasteiger partial charge in [-0.15, -0.1) is 0 Å². The van der Waals surface area contributed by atoms with Gasteiger partial charge in [0, 0.05) is 30.8 Å². The van der Waals surface area contributed by atoms with Crippen molar-refractivity contribution in [1.82, 2.24) is 20.1 Å². The van der Waals surface area contributed by atoms with Gasteiger partial charge >= 0.3 is 0 Å². The van der Waals surface area contributed by atoms with Crippen LogP contribution < -0.4 is 5.32 Å². The summed E-state index contributed by atoms with van der Waals surface area (Å²) in [6.07, 6.45) is 3.87. The van der Waals surface area contributed by atoms with Crippen molar-refractivity contribution in [1.29, 1.82) is 0 Å². The zero-order valence-electron chi connectivity index (χ0n) is 18.8. The first-order valence-electron chi connectivity index (χ1n) is 10.8. The molecule has 8 heteroatoms. The van der Waals surface area contributed by atoms with E-state index in [1.165, 1.54) is 0 Å². The molecule has 0 saturated heterocycles. The predicted octanol–water partition coefficient (Wildman–Crippen LogP) is 3.91. The molecule has 0 spiro atoms. The number of Topliss-reactive ketones (excluding diaryl/α,β-unsaturated/α-hetero) is 2. The van der Waals surface area contributed by atoms with E-state index in [2.05, 4.69) is 15.4 Å². The van der Waals surface area contributed by atoms with E-state index in [1.54, 1.807) is 29.2 Å². The Hall–Kier alpha value is -3.32. The summed E-state index contributed by atoms with van der Waals surface area (Å²) in [5, 5.41) is 7.56. The summed E-state index contributed by atoms with van der Waals surface area (Å²) in [7, 11) is 0. The number of carbonyl (C=O) groups is 3. The van der Waals surface area contributed by atoms with Gasteiger partial charge in [0.25, 0.3) is 5.91 Å². The summed E-state index contributed by atoms with van der Waals surface area (Å²) in [5.41, 5.74) is 4.41. The zero-order chi connectivity index (χ0) is 23.7. The molecule has 0 bridgehead atoms. The number of aryl methyl sites for hydroxylation is 3. The van der Waals surface area contributed by atoms with Crippen molar-refractivity contribution in [3.8, 4) is 5.69 Å². The Bertz CT molecular complexity index is 1230. The lowest BCUT2D eigenvalue weighted by Crippen LogP contribution is -2.28. The van der Waals surface area contributed by atoms with Gasteiger partial charge < -0.3 is 5.32 Å². The third-order valence-electron chi connectivity index (χ3n) is 6.04. The van der Waals surface area contributed by atoms with E-state index in [0.717, 1.165) is 28.1 Å². The van der Waals surface area contributed by atoms with Crippen molar-refractivity contribution in [2.75, 3.05) is 6.54 Å². The number of aromatic nitrogens is 3. The first-order valence-corrected chi connectivity index (χ1v) is 11.2. The highest BCUT2D eigenvalue weighted by Gasteiger charge is 2.42. The Labute approximate surface area is 197 Å². The third-order valence-corrected chi connectivity index (χ3v) is 6.23. The number of nitrogens with one attached hydrogen (secondary N) is 1. The summed E-state index contributed by atoms with van der Waals surface area (Å²) in [4.78, 5) is 42.6. The molecular formula is C25H25ClN4O3. The number of carbonyl (C=O) groups excluding carboxylic acids is 3. The number of hydrogen-bond acceptors (Lipinski definition) is 5. The maximum Gasteiger partial charge on any atom is 0.269 e. The number of ketones is 2. The van der Waals surface area contributed by atoms with Gasteiger partial charge in [0.15, 0.2) is 5.78 Å². The second kappa shape index (κ2) is 9.27. The SMILES string of the molecule is Cc1cccc(C(=O)NCCC2CC(=O)C(c3c(C)cc(-n4cc(Cl)cn4)cc3C)C2=O)n1. The van der Waals surface area contributed by atoms with Crippen LogP contribution in [0.2, 0.25) is 5.02 Å². The van der Waals surface area contributed by atoms with Crippen LogP contribution in [0, 0.1) is 26.7 Å². The summed E-state index contributed by atoms with van der Waals surface area (Å²) in [6.45, 7) is 5.93. The molecule has 1 saturated carbocycles.